The minimum absolute atomic E-state index is 0.0699. The average Bonchev–Trinajstić information content (AvgIpc) is 2.87. The van der Waals surface area contributed by atoms with Gasteiger partial charge in [-0.15, -0.1) is 0 Å². The molecule has 0 saturated carbocycles. The Morgan fingerprint density at radius 2 is 1.92 bits per heavy atom. The number of para-hydroxylation sites is 1. The van der Waals surface area contributed by atoms with E-state index in [9.17, 15) is 9.59 Å². The van der Waals surface area contributed by atoms with Gasteiger partial charge in [-0.1, -0.05) is 32.0 Å². The molecule has 0 bridgehead atoms. The third kappa shape index (κ3) is 4.73. The molecule has 1 heterocycles. The number of hydrogen-bond donors (Lipinski definition) is 1. The van der Waals surface area contributed by atoms with Crippen LogP contribution in [0.5, 0.6) is 0 Å². The SMILES string of the molecule is CC(C)CC(NC(=O)OC(C)(C)C)C(=O)N1CCc2ccccc21. The Labute approximate surface area is 144 Å². The number of fused-ring (bicyclic) bond motifs is 1. The summed E-state index contributed by atoms with van der Waals surface area (Å²) < 4.78 is 5.31. The van der Waals surface area contributed by atoms with Crippen molar-refractivity contribution in [1.82, 2.24) is 5.32 Å². The lowest BCUT2D eigenvalue weighted by Gasteiger charge is -2.27. The van der Waals surface area contributed by atoms with Gasteiger partial charge in [0.2, 0.25) is 5.91 Å². The zero-order valence-electron chi connectivity index (χ0n) is 15.3. The molecule has 0 aliphatic carbocycles. The van der Waals surface area contributed by atoms with E-state index < -0.39 is 17.7 Å². The van der Waals surface area contributed by atoms with Crippen LogP contribution in [0.3, 0.4) is 0 Å². The van der Waals surface area contributed by atoms with Crippen molar-refractivity contribution in [2.24, 2.45) is 5.92 Å². The molecule has 0 spiro atoms. The molecular weight excluding hydrogens is 304 g/mol. The molecule has 1 aromatic carbocycles. The van der Waals surface area contributed by atoms with Crippen molar-refractivity contribution in [3.8, 4) is 0 Å². The van der Waals surface area contributed by atoms with Crippen molar-refractivity contribution in [2.75, 3.05) is 11.4 Å². The number of hydrogen-bond acceptors (Lipinski definition) is 3. The lowest BCUT2D eigenvalue weighted by molar-refractivity contribution is -0.121. The lowest BCUT2D eigenvalue weighted by Crippen LogP contribution is -2.50. The highest BCUT2D eigenvalue weighted by atomic mass is 16.6. The van der Waals surface area contributed by atoms with E-state index in [0.29, 0.717) is 13.0 Å². The Balaban J connectivity index is 2.13. The van der Waals surface area contributed by atoms with Crippen molar-refractivity contribution < 1.29 is 14.3 Å². The van der Waals surface area contributed by atoms with Gasteiger partial charge in [0.05, 0.1) is 0 Å². The van der Waals surface area contributed by atoms with Crippen LogP contribution < -0.4 is 10.2 Å². The summed E-state index contributed by atoms with van der Waals surface area (Å²) in [4.78, 5) is 26.9. The van der Waals surface area contributed by atoms with E-state index in [1.165, 1.54) is 5.56 Å². The van der Waals surface area contributed by atoms with Crippen LogP contribution in [0.1, 0.15) is 46.6 Å². The van der Waals surface area contributed by atoms with Crippen molar-refractivity contribution in [3.63, 3.8) is 0 Å². The molecule has 132 valence electrons. The van der Waals surface area contributed by atoms with E-state index in [1.54, 1.807) is 4.90 Å². The molecule has 2 amide bonds. The highest BCUT2D eigenvalue weighted by Gasteiger charge is 2.32. The van der Waals surface area contributed by atoms with Gasteiger partial charge in [0, 0.05) is 12.2 Å². The zero-order chi connectivity index (χ0) is 17.9. The number of carbonyl (C=O) groups is 2. The van der Waals surface area contributed by atoms with E-state index in [1.807, 2.05) is 58.9 Å². The van der Waals surface area contributed by atoms with Crippen LogP contribution >= 0.6 is 0 Å². The van der Waals surface area contributed by atoms with Crippen LogP contribution in [-0.2, 0) is 16.0 Å². The molecular formula is C19H28N2O3. The third-order valence-corrected chi connectivity index (χ3v) is 3.85. The molecule has 1 atom stereocenters. The first-order valence-electron chi connectivity index (χ1n) is 8.56. The van der Waals surface area contributed by atoms with E-state index in [-0.39, 0.29) is 11.8 Å². The predicted molar refractivity (Wildman–Crippen MR) is 95.1 cm³/mol. The van der Waals surface area contributed by atoms with Crippen LogP contribution in [0, 0.1) is 5.92 Å². The summed E-state index contributed by atoms with van der Waals surface area (Å²) in [6.07, 6.45) is 0.883. The van der Waals surface area contributed by atoms with Crippen molar-refractivity contribution in [2.45, 2.75) is 59.1 Å². The summed E-state index contributed by atoms with van der Waals surface area (Å²) in [5.41, 5.74) is 1.53. The first-order valence-corrected chi connectivity index (χ1v) is 8.56. The van der Waals surface area contributed by atoms with Gasteiger partial charge in [-0.25, -0.2) is 4.79 Å². The number of carbonyl (C=O) groups excluding carboxylic acids is 2. The van der Waals surface area contributed by atoms with Crippen LogP contribution in [0.2, 0.25) is 0 Å². The summed E-state index contributed by atoms with van der Waals surface area (Å²) >= 11 is 0. The van der Waals surface area contributed by atoms with Crippen molar-refractivity contribution in [3.05, 3.63) is 29.8 Å². The van der Waals surface area contributed by atoms with Gasteiger partial charge >= 0.3 is 6.09 Å². The Kier molecular flexibility index (Phi) is 5.52. The van der Waals surface area contributed by atoms with Gasteiger partial charge < -0.3 is 15.0 Å². The number of benzene rings is 1. The highest BCUT2D eigenvalue weighted by Crippen LogP contribution is 2.28. The fraction of sp³-hybridized carbons (Fsp3) is 0.579. The number of amides is 2. The predicted octanol–water partition coefficient (Wildman–Crippen LogP) is 3.52. The molecule has 5 nitrogen and oxygen atoms in total. The maximum atomic E-state index is 13.0. The van der Waals surface area contributed by atoms with Crippen molar-refractivity contribution in [1.29, 1.82) is 0 Å². The molecule has 1 aliphatic rings. The maximum Gasteiger partial charge on any atom is 0.408 e. The average molecular weight is 332 g/mol. The van der Waals surface area contributed by atoms with Gasteiger partial charge in [0.15, 0.2) is 0 Å². The molecule has 24 heavy (non-hydrogen) atoms. The molecule has 1 aromatic rings. The van der Waals surface area contributed by atoms with Gasteiger partial charge in [-0.2, -0.15) is 0 Å². The first-order chi connectivity index (χ1) is 11.2. The monoisotopic (exact) mass is 332 g/mol. The number of rotatable bonds is 4. The molecule has 1 unspecified atom stereocenters. The third-order valence-electron chi connectivity index (χ3n) is 3.85. The lowest BCUT2D eigenvalue weighted by atomic mass is 10.0. The summed E-state index contributed by atoms with van der Waals surface area (Å²) in [5.74, 6) is 0.214. The molecule has 0 aromatic heterocycles. The summed E-state index contributed by atoms with van der Waals surface area (Å²) in [6.45, 7) is 10.2. The van der Waals surface area contributed by atoms with E-state index >= 15 is 0 Å². The maximum absolute atomic E-state index is 13.0. The normalized spacial score (nSPS) is 15.2. The van der Waals surface area contributed by atoms with Crippen LogP contribution in [0.15, 0.2) is 24.3 Å². The number of alkyl carbamates (subject to hydrolysis) is 1. The van der Waals surface area contributed by atoms with Crippen LogP contribution in [0.4, 0.5) is 10.5 Å². The summed E-state index contributed by atoms with van der Waals surface area (Å²) in [6, 6.07) is 7.34. The molecule has 0 radical (unpaired) electrons. The highest BCUT2D eigenvalue weighted by molar-refractivity contribution is 6.00. The van der Waals surface area contributed by atoms with E-state index in [0.717, 1.165) is 12.1 Å². The summed E-state index contributed by atoms with van der Waals surface area (Å²) in [5, 5.41) is 2.76. The van der Waals surface area contributed by atoms with Gasteiger partial charge in [-0.05, 0) is 51.2 Å². The van der Waals surface area contributed by atoms with Crippen molar-refractivity contribution >= 4 is 17.7 Å². The van der Waals surface area contributed by atoms with Gasteiger partial charge in [0.1, 0.15) is 11.6 Å². The number of anilines is 1. The number of ether oxygens (including phenoxy) is 1. The molecule has 2 rings (SSSR count). The molecule has 5 heteroatoms. The first kappa shape index (κ1) is 18.3. The Morgan fingerprint density at radius 1 is 1.25 bits per heavy atom. The largest absolute Gasteiger partial charge is 0.444 e. The molecule has 1 aliphatic heterocycles. The van der Waals surface area contributed by atoms with E-state index in [2.05, 4.69) is 5.32 Å². The fourth-order valence-corrected chi connectivity index (χ4v) is 2.90. The Morgan fingerprint density at radius 3 is 2.54 bits per heavy atom. The standard InChI is InChI=1S/C19H28N2O3/c1-13(2)12-15(20-18(23)24-19(3,4)5)17(22)21-11-10-14-8-6-7-9-16(14)21/h6-9,13,15H,10-12H2,1-5H3,(H,20,23). The quantitative estimate of drug-likeness (QED) is 0.918. The second-order valence-electron chi connectivity index (χ2n) is 7.70. The summed E-state index contributed by atoms with van der Waals surface area (Å²) in [7, 11) is 0. The fourth-order valence-electron chi connectivity index (χ4n) is 2.90. The van der Waals surface area contributed by atoms with Gasteiger partial charge in [0.25, 0.3) is 0 Å². The second-order valence-corrected chi connectivity index (χ2v) is 7.70. The van der Waals surface area contributed by atoms with Gasteiger partial charge in [-0.3, -0.25) is 4.79 Å². The second kappa shape index (κ2) is 7.24. The molecule has 0 saturated heterocycles. The van der Waals surface area contributed by atoms with Crippen LogP contribution in [-0.4, -0.2) is 30.2 Å². The van der Waals surface area contributed by atoms with Crippen LogP contribution in [0.25, 0.3) is 0 Å². The Hall–Kier alpha value is -2.04. The minimum atomic E-state index is -0.588. The topological polar surface area (TPSA) is 58.6 Å². The zero-order valence-corrected chi connectivity index (χ0v) is 15.3. The Bertz CT molecular complexity index is 605. The number of nitrogens with one attached hydrogen (secondary N) is 1. The van der Waals surface area contributed by atoms with E-state index in [4.69, 9.17) is 4.74 Å². The minimum Gasteiger partial charge on any atom is -0.444 e. The number of nitrogens with zero attached hydrogens (tertiary/aromatic N) is 1. The molecule has 1 N–H and O–H groups in total. The smallest absolute Gasteiger partial charge is 0.408 e. The molecule has 0 fully saturated rings.